The fourth-order valence-corrected chi connectivity index (χ4v) is 4.55. The molecule has 0 bridgehead atoms. The molecule has 0 aromatic heterocycles. The first kappa shape index (κ1) is 24.2. The van der Waals surface area contributed by atoms with E-state index in [1.54, 1.807) is 37.3 Å². The number of esters is 1. The highest BCUT2D eigenvalue weighted by Crippen LogP contribution is 2.27. The first-order chi connectivity index (χ1) is 15.7. The average molecular weight is 491 g/mol. The molecule has 0 aliphatic heterocycles. The topological polar surface area (TPSA) is 92.8 Å². The Hall–Kier alpha value is -3.43. The number of hydrogen-bond donors (Lipinski definition) is 1. The molecule has 172 valence electrons. The summed E-state index contributed by atoms with van der Waals surface area (Å²) >= 11 is 5.85. The molecule has 0 aliphatic rings. The molecule has 3 aromatic rings. The summed E-state index contributed by atoms with van der Waals surface area (Å²) in [5, 5.41) is 2.28. The molecule has 1 amide bonds. The van der Waals surface area contributed by atoms with Crippen LogP contribution in [0.4, 0.5) is 15.8 Å². The van der Waals surface area contributed by atoms with Crippen LogP contribution in [0.2, 0.25) is 5.02 Å². The van der Waals surface area contributed by atoms with Crippen molar-refractivity contribution in [2.45, 2.75) is 11.8 Å². The van der Waals surface area contributed by atoms with Crippen LogP contribution in [0.5, 0.6) is 0 Å². The maximum Gasteiger partial charge on any atom is 0.338 e. The number of sulfonamides is 1. The minimum atomic E-state index is -4.18. The van der Waals surface area contributed by atoms with Gasteiger partial charge in [-0.1, -0.05) is 35.9 Å². The monoisotopic (exact) mass is 490 g/mol. The third-order valence-corrected chi connectivity index (χ3v) is 6.54. The van der Waals surface area contributed by atoms with Crippen LogP contribution in [0, 0.1) is 5.82 Å². The maximum absolute atomic E-state index is 13.7. The summed E-state index contributed by atoms with van der Waals surface area (Å²) < 4.78 is 46.0. The van der Waals surface area contributed by atoms with Crippen LogP contribution < -0.4 is 9.62 Å². The molecular weight excluding hydrogens is 471 g/mol. The van der Waals surface area contributed by atoms with E-state index in [0.717, 1.165) is 16.4 Å². The van der Waals surface area contributed by atoms with Crippen molar-refractivity contribution < 1.29 is 27.1 Å². The van der Waals surface area contributed by atoms with Gasteiger partial charge in [0.05, 0.1) is 27.8 Å². The second kappa shape index (κ2) is 10.5. The summed E-state index contributed by atoms with van der Waals surface area (Å²) in [7, 11) is -4.18. The molecule has 0 heterocycles. The Bertz CT molecular complexity index is 1270. The van der Waals surface area contributed by atoms with Gasteiger partial charge in [0.15, 0.2) is 0 Å². The lowest BCUT2D eigenvalue weighted by atomic mass is 10.2. The van der Waals surface area contributed by atoms with Crippen molar-refractivity contribution in [1.29, 1.82) is 0 Å². The van der Waals surface area contributed by atoms with Crippen molar-refractivity contribution in [2.75, 3.05) is 22.8 Å². The maximum atomic E-state index is 13.7. The first-order valence-electron chi connectivity index (χ1n) is 9.82. The molecule has 0 unspecified atom stereocenters. The van der Waals surface area contributed by atoms with Crippen molar-refractivity contribution in [1.82, 2.24) is 0 Å². The lowest BCUT2D eigenvalue weighted by molar-refractivity contribution is -0.114. The number of amides is 1. The van der Waals surface area contributed by atoms with E-state index in [4.69, 9.17) is 16.3 Å². The molecule has 0 saturated heterocycles. The van der Waals surface area contributed by atoms with Gasteiger partial charge in [-0.25, -0.2) is 17.6 Å². The zero-order chi connectivity index (χ0) is 24.0. The molecule has 3 rings (SSSR count). The number of benzene rings is 3. The predicted molar refractivity (Wildman–Crippen MR) is 123 cm³/mol. The quantitative estimate of drug-likeness (QED) is 0.470. The second-order valence-electron chi connectivity index (χ2n) is 6.77. The van der Waals surface area contributed by atoms with Gasteiger partial charge < -0.3 is 10.1 Å². The fraction of sp³-hybridized carbons (Fsp3) is 0.130. The van der Waals surface area contributed by atoms with Gasteiger partial charge in [-0.2, -0.15) is 0 Å². The van der Waals surface area contributed by atoms with Crippen molar-refractivity contribution in [3.63, 3.8) is 0 Å². The summed E-state index contributed by atoms with van der Waals surface area (Å²) in [4.78, 5) is 24.7. The second-order valence-corrected chi connectivity index (χ2v) is 9.04. The number of hydrogen-bond acceptors (Lipinski definition) is 5. The van der Waals surface area contributed by atoms with E-state index >= 15 is 0 Å². The highest BCUT2D eigenvalue weighted by molar-refractivity contribution is 7.92. The van der Waals surface area contributed by atoms with Crippen LogP contribution in [0.15, 0.2) is 77.7 Å². The standard InChI is InChI=1S/C23H20ClFN2O5S/c1-2-32-23(29)16-7-6-8-17(13-16)26-22(28)15-27(18-11-12-21(25)20(24)14-18)33(30,31)19-9-4-3-5-10-19/h3-14H,2,15H2,1H3,(H,26,28). The summed E-state index contributed by atoms with van der Waals surface area (Å²) in [6.45, 7) is 1.25. The molecular formula is C23H20ClFN2O5S. The highest BCUT2D eigenvalue weighted by atomic mass is 35.5. The molecule has 0 fully saturated rings. The van der Waals surface area contributed by atoms with Crippen molar-refractivity contribution in [3.8, 4) is 0 Å². The molecule has 0 saturated carbocycles. The Kier molecular flexibility index (Phi) is 7.67. The van der Waals surface area contributed by atoms with Gasteiger partial charge in [0.2, 0.25) is 5.91 Å². The summed E-state index contributed by atoms with van der Waals surface area (Å²) in [5.74, 6) is -1.96. The third-order valence-electron chi connectivity index (χ3n) is 4.47. The van der Waals surface area contributed by atoms with Crippen LogP contribution in [0.1, 0.15) is 17.3 Å². The van der Waals surface area contributed by atoms with Gasteiger partial charge in [-0.05, 0) is 55.5 Å². The van der Waals surface area contributed by atoms with E-state index in [1.165, 1.54) is 30.3 Å². The first-order valence-corrected chi connectivity index (χ1v) is 11.6. The number of nitrogens with one attached hydrogen (secondary N) is 1. The van der Waals surface area contributed by atoms with E-state index in [2.05, 4.69) is 5.32 Å². The number of carbonyl (C=O) groups excluding carboxylic acids is 2. The number of rotatable bonds is 8. The van der Waals surface area contributed by atoms with E-state index in [0.29, 0.717) is 0 Å². The Labute approximate surface area is 195 Å². The van der Waals surface area contributed by atoms with Crippen LogP contribution in [0.25, 0.3) is 0 Å². The molecule has 0 spiro atoms. The van der Waals surface area contributed by atoms with E-state index in [-0.39, 0.29) is 33.5 Å². The number of anilines is 2. The van der Waals surface area contributed by atoms with E-state index in [9.17, 15) is 22.4 Å². The molecule has 0 atom stereocenters. The molecule has 33 heavy (non-hydrogen) atoms. The Morgan fingerprint density at radius 1 is 1.03 bits per heavy atom. The molecule has 7 nitrogen and oxygen atoms in total. The molecule has 1 N–H and O–H groups in total. The van der Waals surface area contributed by atoms with Crippen LogP contribution in [0.3, 0.4) is 0 Å². The Morgan fingerprint density at radius 3 is 2.42 bits per heavy atom. The summed E-state index contributed by atoms with van der Waals surface area (Å²) in [6.07, 6.45) is 0. The molecule has 0 aliphatic carbocycles. The van der Waals surface area contributed by atoms with Gasteiger partial charge >= 0.3 is 5.97 Å². The summed E-state index contributed by atoms with van der Waals surface area (Å²) in [6, 6.07) is 16.9. The normalized spacial score (nSPS) is 11.0. The largest absolute Gasteiger partial charge is 0.462 e. The number of ether oxygens (including phenoxy) is 1. The molecule has 3 aromatic carbocycles. The van der Waals surface area contributed by atoms with Crippen molar-refractivity contribution in [2.24, 2.45) is 0 Å². The smallest absolute Gasteiger partial charge is 0.338 e. The predicted octanol–water partition coefficient (Wildman–Crippen LogP) is 4.49. The summed E-state index contributed by atoms with van der Waals surface area (Å²) in [5.41, 5.74) is 0.522. The van der Waals surface area contributed by atoms with Gasteiger partial charge in [0, 0.05) is 5.69 Å². The van der Waals surface area contributed by atoms with Crippen LogP contribution in [-0.2, 0) is 19.6 Å². The zero-order valence-electron chi connectivity index (χ0n) is 17.5. The van der Waals surface area contributed by atoms with Crippen molar-refractivity contribution in [3.05, 3.63) is 89.2 Å². The van der Waals surface area contributed by atoms with E-state index < -0.39 is 34.3 Å². The van der Waals surface area contributed by atoms with Crippen LogP contribution in [-0.4, -0.2) is 33.4 Å². The number of carbonyl (C=O) groups is 2. The van der Waals surface area contributed by atoms with Crippen LogP contribution >= 0.6 is 11.6 Å². The third kappa shape index (κ3) is 5.88. The molecule has 10 heteroatoms. The number of nitrogens with zero attached hydrogens (tertiary/aromatic N) is 1. The Balaban J connectivity index is 1.91. The SMILES string of the molecule is CCOC(=O)c1cccc(NC(=O)CN(c2ccc(F)c(Cl)c2)S(=O)(=O)c2ccccc2)c1. The van der Waals surface area contributed by atoms with Gasteiger partial charge in [0.25, 0.3) is 10.0 Å². The highest BCUT2D eigenvalue weighted by Gasteiger charge is 2.27. The van der Waals surface area contributed by atoms with Gasteiger partial charge in [0.1, 0.15) is 12.4 Å². The van der Waals surface area contributed by atoms with Gasteiger partial charge in [-0.3, -0.25) is 9.10 Å². The van der Waals surface area contributed by atoms with Crippen molar-refractivity contribution >= 4 is 44.9 Å². The minimum Gasteiger partial charge on any atom is -0.462 e. The Morgan fingerprint density at radius 2 is 1.76 bits per heavy atom. The number of halogens is 2. The lowest BCUT2D eigenvalue weighted by Gasteiger charge is -2.24. The molecule has 0 radical (unpaired) electrons. The van der Waals surface area contributed by atoms with Gasteiger partial charge in [-0.15, -0.1) is 0 Å². The minimum absolute atomic E-state index is 0.0145. The lowest BCUT2D eigenvalue weighted by Crippen LogP contribution is -2.38. The van der Waals surface area contributed by atoms with E-state index in [1.807, 2.05) is 0 Å². The fourth-order valence-electron chi connectivity index (χ4n) is 2.94. The average Bonchev–Trinajstić information content (AvgIpc) is 2.80. The zero-order valence-corrected chi connectivity index (χ0v) is 19.1.